The molecule has 4 heteroatoms. The van der Waals surface area contributed by atoms with Gasteiger partial charge in [-0.2, -0.15) is 0 Å². The molecule has 3 rings (SSSR count). The lowest BCUT2D eigenvalue weighted by molar-refractivity contribution is 0.0960. The van der Waals surface area contributed by atoms with Crippen LogP contribution in [0.3, 0.4) is 0 Å². The van der Waals surface area contributed by atoms with Gasteiger partial charge in [-0.1, -0.05) is 6.42 Å². The van der Waals surface area contributed by atoms with E-state index >= 15 is 0 Å². The van der Waals surface area contributed by atoms with Crippen LogP contribution in [0.5, 0.6) is 11.5 Å². The van der Waals surface area contributed by atoms with Gasteiger partial charge in [0.25, 0.3) is 0 Å². The van der Waals surface area contributed by atoms with E-state index in [2.05, 4.69) is 5.32 Å². The molecule has 0 aromatic heterocycles. The zero-order valence-electron chi connectivity index (χ0n) is 12.7. The summed E-state index contributed by atoms with van der Waals surface area (Å²) < 4.78 is 10.5. The lowest BCUT2D eigenvalue weighted by Crippen LogP contribution is -2.29. The van der Waals surface area contributed by atoms with Gasteiger partial charge in [0.05, 0.1) is 19.8 Å². The monoisotopic (exact) mass is 289 g/mol. The van der Waals surface area contributed by atoms with E-state index in [-0.39, 0.29) is 5.78 Å². The van der Waals surface area contributed by atoms with Crippen molar-refractivity contribution in [3.05, 3.63) is 23.8 Å². The number of Topliss-reactive ketones (excluding diaryl/α,β-unsaturated/α-hetero) is 1. The Balaban J connectivity index is 1.75. The normalized spacial score (nSPS) is 27.4. The molecule has 1 aromatic carbocycles. The van der Waals surface area contributed by atoms with Gasteiger partial charge in [-0.15, -0.1) is 0 Å². The molecule has 1 saturated carbocycles. The number of benzene rings is 1. The summed E-state index contributed by atoms with van der Waals surface area (Å²) in [5.74, 6) is 2.90. The summed E-state index contributed by atoms with van der Waals surface area (Å²) in [7, 11) is 3.21. The lowest BCUT2D eigenvalue weighted by Gasteiger charge is -2.18. The Morgan fingerprint density at radius 1 is 1.29 bits per heavy atom. The average molecular weight is 289 g/mol. The highest BCUT2D eigenvalue weighted by Crippen LogP contribution is 2.39. The minimum Gasteiger partial charge on any atom is -0.497 e. The average Bonchev–Trinajstić information content (AvgIpc) is 3.11. The molecule has 1 aliphatic carbocycles. The Labute approximate surface area is 125 Å². The lowest BCUT2D eigenvalue weighted by atomic mass is 9.90. The standard InChI is InChI=1S/C17H23NO3/c1-20-12-6-7-17(21-2)14(8-12)16(19)9-15-13-5-3-4-11(13)10-18-15/h6-8,11,13,15,18H,3-5,9-10H2,1-2H3. The van der Waals surface area contributed by atoms with E-state index in [0.717, 1.165) is 12.5 Å². The van der Waals surface area contributed by atoms with Gasteiger partial charge in [0.15, 0.2) is 5.78 Å². The van der Waals surface area contributed by atoms with Gasteiger partial charge in [0.2, 0.25) is 0 Å². The highest BCUT2D eigenvalue weighted by Gasteiger charge is 2.39. The molecule has 1 saturated heterocycles. The van der Waals surface area contributed by atoms with Gasteiger partial charge in [0, 0.05) is 12.5 Å². The minimum atomic E-state index is 0.135. The first kappa shape index (κ1) is 14.4. The Morgan fingerprint density at radius 2 is 2.14 bits per heavy atom. The van der Waals surface area contributed by atoms with Gasteiger partial charge in [-0.25, -0.2) is 0 Å². The number of carbonyl (C=O) groups is 1. The SMILES string of the molecule is COc1ccc(OC)c(C(=O)CC2NCC3CCCC32)c1. The summed E-state index contributed by atoms with van der Waals surface area (Å²) in [4.78, 5) is 12.7. The van der Waals surface area contributed by atoms with Crippen LogP contribution < -0.4 is 14.8 Å². The second-order valence-corrected chi connectivity index (χ2v) is 6.06. The van der Waals surface area contributed by atoms with E-state index in [4.69, 9.17) is 9.47 Å². The molecule has 4 nitrogen and oxygen atoms in total. The molecule has 2 aliphatic rings. The fourth-order valence-electron chi connectivity index (χ4n) is 3.87. The summed E-state index contributed by atoms with van der Waals surface area (Å²) in [6.45, 7) is 1.07. The van der Waals surface area contributed by atoms with Crippen molar-refractivity contribution in [1.29, 1.82) is 0 Å². The molecular weight excluding hydrogens is 266 g/mol. The van der Waals surface area contributed by atoms with Crippen molar-refractivity contribution in [1.82, 2.24) is 5.32 Å². The van der Waals surface area contributed by atoms with Gasteiger partial charge in [0.1, 0.15) is 11.5 Å². The molecule has 3 unspecified atom stereocenters. The molecule has 21 heavy (non-hydrogen) atoms. The molecule has 1 heterocycles. The first-order valence-corrected chi connectivity index (χ1v) is 7.71. The predicted molar refractivity (Wildman–Crippen MR) is 81.1 cm³/mol. The molecule has 1 N–H and O–H groups in total. The van der Waals surface area contributed by atoms with Crippen molar-refractivity contribution in [3.63, 3.8) is 0 Å². The molecule has 2 fully saturated rings. The minimum absolute atomic E-state index is 0.135. The fraction of sp³-hybridized carbons (Fsp3) is 0.588. The van der Waals surface area contributed by atoms with E-state index in [1.807, 2.05) is 6.07 Å². The van der Waals surface area contributed by atoms with Crippen LogP contribution in [0, 0.1) is 11.8 Å². The Bertz CT molecular complexity index is 529. The van der Waals surface area contributed by atoms with Gasteiger partial charge < -0.3 is 14.8 Å². The number of rotatable bonds is 5. The number of nitrogens with one attached hydrogen (secondary N) is 1. The summed E-state index contributed by atoms with van der Waals surface area (Å²) >= 11 is 0. The second kappa shape index (κ2) is 6.06. The van der Waals surface area contributed by atoms with Crippen LogP contribution in [-0.4, -0.2) is 32.6 Å². The van der Waals surface area contributed by atoms with Crippen molar-refractivity contribution < 1.29 is 14.3 Å². The summed E-state index contributed by atoms with van der Waals surface area (Å²) in [5, 5.41) is 3.53. The van der Waals surface area contributed by atoms with Crippen LogP contribution in [0.1, 0.15) is 36.0 Å². The van der Waals surface area contributed by atoms with E-state index in [1.54, 1.807) is 26.4 Å². The molecule has 1 aliphatic heterocycles. The van der Waals surface area contributed by atoms with E-state index < -0.39 is 0 Å². The van der Waals surface area contributed by atoms with Crippen LogP contribution in [-0.2, 0) is 0 Å². The third kappa shape index (κ3) is 2.77. The number of carbonyl (C=O) groups excluding carboxylic acids is 1. The summed E-state index contributed by atoms with van der Waals surface area (Å²) in [6.07, 6.45) is 4.42. The van der Waals surface area contributed by atoms with Gasteiger partial charge in [-0.3, -0.25) is 4.79 Å². The summed E-state index contributed by atoms with van der Waals surface area (Å²) in [6, 6.07) is 5.71. The van der Waals surface area contributed by atoms with Crippen LogP contribution in [0.2, 0.25) is 0 Å². The topological polar surface area (TPSA) is 47.6 Å². The maximum absolute atomic E-state index is 12.7. The highest BCUT2D eigenvalue weighted by molar-refractivity contribution is 5.99. The number of methoxy groups -OCH3 is 2. The number of ketones is 1. The molecular formula is C17H23NO3. The molecule has 0 amide bonds. The van der Waals surface area contributed by atoms with Crippen LogP contribution in [0.15, 0.2) is 18.2 Å². The zero-order valence-corrected chi connectivity index (χ0v) is 12.7. The molecule has 3 atom stereocenters. The quantitative estimate of drug-likeness (QED) is 0.847. The van der Waals surface area contributed by atoms with E-state index in [9.17, 15) is 4.79 Å². The number of ether oxygens (including phenoxy) is 2. The molecule has 0 spiro atoms. The zero-order chi connectivity index (χ0) is 14.8. The summed E-state index contributed by atoms with van der Waals surface area (Å²) in [5.41, 5.74) is 0.625. The first-order valence-electron chi connectivity index (χ1n) is 7.71. The van der Waals surface area contributed by atoms with Crippen molar-refractivity contribution in [2.45, 2.75) is 31.7 Å². The van der Waals surface area contributed by atoms with Gasteiger partial charge >= 0.3 is 0 Å². The fourth-order valence-corrected chi connectivity index (χ4v) is 3.87. The largest absolute Gasteiger partial charge is 0.497 e. The van der Waals surface area contributed by atoms with Crippen molar-refractivity contribution in [2.24, 2.45) is 11.8 Å². The van der Waals surface area contributed by atoms with Crippen LogP contribution in [0.4, 0.5) is 0 Å². The third-order valence-corrected chi connectivity index (χ3v) is 4.99. The highest BCUT2D eigenvalue weighted by atomic mass is 16.5. The predicted octanol–water partition coefficient (Wildman–Crippen LogP) is 2.66. The molecule has 0 radical (unpaired) electrons. The first-order chi connectivity index (χ1) is 10.2. The molecule has 114 valence electrons. The number of hydrogen-bond acceptors (Lipinski definition) is 4. The Morgan fingerprint density at radius 3 is 2.90 bits per heavy atom. The van der Waals surface area contributed by atoms with Crippen LogP contribution in [0.25, 0.3) is 0 Å². The second-order valence-electron chi connectivity index (χ2n) is 6.06. The van der Waals surface area contributed by atoms with Crippen LogP contribution >= 0.6 is 0 Å². The Kier molecular flexibility index (Phi) is 4.15. The van der Waals surface area contributed by atoms with Crippen molar-refractivity contribution in [3.8, 4) is 11.5 Å². The maximum Gasteiger partial charge on any atom is 0.168 e. The molecule has 0 bridgehead atoms. The molecule has 1 aromatic rings. The van der Waals surface area contributed by atoms with E-state index in [0.29, 0.717) is 35.4 Å². The van der Waals surface area contributed by atoms with Gasteiger partial charge in [-0.05, 0) is 49.4 Å². The Hall–Kier alpha value is -1.55. The smallest absolute Gasteiger partial charge is 0.168 e. The third-order valence-electron chi connectivity index (χ3n) is 4.99. The number of hydrogen-bond donors (Lipinski definition) is 1. The van der Waals surface area contributed by atoms with E-state index in [1.165, 1.54) is 19.3 Å². The maximum atomic E-state index is 12.7. The number of fused-ring (bicyclic) bond motifs is 1. The van der Waals surface area contributed by atoms with Crippen molar-refractivity contribution in [2.75, 3.05) is 20.8 Å². The van der Waals surface area contributed by atoms with Crippen molar-refractivity contribution >= 4 is 5.78 Å².